The molecule has 0 aliphatic carbocycles. The minimum absolute atomic E-state index is 0.148. The number of carboxylic acid groups (broad SMARTS) is 1. The predicted molar refractivity (Wildman–Crippen MR) is 158 cm³/mol. The third kappa shape index (κ3) is 5.48. The van der Waals surface area contributed by atoms with E-state index in [1.54, 1.807) is 62.4 Å². The molecule has 5 rings (SSSR count). The van der Waals surface area contributed by atoms with Gasteiger partial charge in [0.15, 0.2) is 4.80 Å². The largest absolute Gasteiger partial charge is 0.490 e. The number of benzene rings is 2. The Morgan fingerprint density at radius 2 is 1.90 bits per heavy atom. The first kappa shape index (κ1) is 28.6. The van der Waals surface area contributed by atoms with E-state index in [1.165, 1.54) is 22.0 Å². The van der Waals surface area contributed by atoms with E-state index in [0.717, 1.165) is 5.56 Å². The fourth-order valence-electron chi connectivity index (χ4n) is 4.73. The van der Waals surface area contributed by atoms with E-state index in [4.69, 9.17) is 13.9 Å². The molecular weight excluding hydrogens is 556 g/mol. The summed E-state index contributed by atoms with van der Waals surface area (Å²) in [7, 11) is 0. The second kappa shape index (κ2) is 11.9. The smallest absolute Gasteiger partial charge is 0.338 e. The van der Waals surface area contributed by atoms with Crippen molar-refractivity contribution in [2.24, 2.45) is 4.99 Å². The molecule has 9 nitrogen and oxygen atoms in total. The molecule has 0 spiro atoms. The Morgan fingerprint density at radius 1 is 1.14 bits per heavy atom. The van der Waals surface area contributed by atoms with Crippen molar-refractivity contribution in [1.29, 1.82) is 0 Å². The van der Waals surface area contributed by atoms with Gasteiger partial charge in [-0.15, -0.1) is 0 Å². The number of fused-ring (bicyclic) bond motifs is 1. The number of carbonyl (C=O) groups is 2. The molecule has 0 fully saturated rings. The quantitative estimate of drug-likeness (QED) is 0.225. The summed E-state index contributed by atoms with van der Waals surface area (Å²) in [6, 6.07) is 14.7. The lowest BCUT2D eigenvalue weighted by Gasteiger charge is -2.24. The van der Waals surface area contributed by atoms with Crippen LogP contribution in [0.25, 0.3) is 17.4 Å². The molecule has 3 heterocycles. The molecule has 0 saturated heterocycles. The van der Waals surface area contributed by atoms with Crippen LogP contribution in [0.1, 0.15) is 47.1 Å². The maximum atomic E-state index is 13.9. The van der Waals surface area contributed by atoms with Gasteiger partial charge in [0.05, 0.1) is 34.0 Å². The van der Waals surface area contributed by atoms with Crippen molar-refractivity contribution in [3.05, 3.63) is 121 Å². The Balaban J connectivity index is 1.60. The lowest BCUT2D eigenvalue weighted by Crippen LogP contribution is -2.39. The summed E-state index contributed by atoms with van der Waals surface area (Å²) in [6.07, 6.45) is 3.27. The van der Waals surface area contributed by atoms with Crippen LogP contribution in [-0.4, -0.2) is 34.8 Å². The van der Waals surface area contributed by atoms with Gasteiger partial charge in [-0.3, -0.25) is 9.36 Å². The van der Waals surface area contributed by atoms with Gasteiger partial charge in [0.25, 0.3) is 5.56 Å². The molecule has 2 aromatic carbocycles. The number of hydrogen-bond donors (Lipinski definition) is 1. The number of nitrogens with zero attached hydrogens (tertiary/aromatic N) is 2. The van der Waals surface area contributed by atoms with Gasteiger partial charge in [0.2, 0.25) is 0 Å². The Morgan fingerprint density at radius 3 is 2.60 bits per heavy atom. The van der Waals surface area contributed by atoms with Crippen LogP contribution in [0.2, 0.25) is 0 Å². The number of esters is 1. The molecule has 0 unspecified atom stereocenters. The topological polar surface area (TPSA) is 120 Å². The zero-order chi connectivity index (χ0) is 30.0. The van der Waals surface area contributed by atoms with E-state index in [0.29, 0.717) is 50.0 Å². The summed E-state index contributed by atoms with van der Waals surface area (Å²) in [5.74, 6) is -0.0550. The van der Waals surface area contributed by atoms with Gasteiger partial charge in [-0.1, -0.05) is 42.2 Å². The Labute approximate surface area is 245 Å². The molecule has 4 aromatic rings. The number of thiazole rings is 1. The fraction of sp³-hybridized carbons (Fsp3) is 0.188. The molecule has 10 heteroatoms. The van der Waals surface area contributed by atoms with E-state index in [2.05, 4.69) is 11.6 Å². The molecule has 1 N–H and O–H groups in total. The highest BCUT2D eigenvalue weighted by Gasteiger charge is 2.33. The van der Waals surface area contributed by atoms with Crippen LogP contribution in [0.3, 0.4) is 0 Å². The highest BCUT2D eigenvalue weighted by molar-refractivity contribution is 7.07. The molecule has 0 saturated carbocycles. The number of rotatable bonds is 9. The van der Waals surface area contributed by atoms with E-state index < -0.39 is 18.0 Å². The molecule has 1 aliphatic heterocycles. The predicted octanol–water partition coefficient (Wildman–Crippen LogP) is 4.63. The standard InChI is InChI=1S/C32H28N2O7S/c1-5-15-40-22-11-9-20(10-12-22)28-27(31(38)39-6-2)19(4)33-32-34(28)29(35)26(42-32)17-23-13-14-25(41-23)24-16-21(30(36)37)8-7-18(24)3/h5,7-14,16-17,28H,1,6,15H2,2-4H3,(H,36,37)/t28-/m0/s1. The Kier molecular flexibility index (Phi) is 8.08. The summed E-state index contributed by atoms with van der Waals surface area (Å²) >= 11 is 1.18. The van der Waals surface area contributed by atoms with Gasteiger partial charge < -0.3 is 19.0 Å². The first-order chi connectivity index (χ1) is 20.2. The minimum atomic E-state index is -1.03. The van der Waals surface area contributed by atoms with Gasteiger partial charge >= 0.3 is 11.9 Å². The van der Waals surface area contributed by atoms with Crippen LogP contribution in [0.15, 0.2) is 92.7 Å². The normalized spacial score (nSPS) is 14.7. The van der Waals surface area contributed by atoms with Crippen molar-refractivity contribution < 1.29 is 28.6 Å². The molecule has 1 aliphatic rings. The monoisotopic (exact) mass is 584 g/mol. The molecule has 0 amide bonds. The number of aromatic carboxylic acids is 1. The summed E-state index contributed by atoms with van der Waals surface area (Å²) < 4.78 is 18.8. The van der Waals surface area contributed by atoms with Crippen LogP contribution in [0.4, 0.5) is 0 Å². The van der Waals surface area contributed by atoms with Crippen LogP contribution in [-0.2, 0) is 9.53 Å². The van der Waals surface area contributed by atoms with Crippen LogP contribution in [0, 0.1) is 6.92 Å². The van der Waals surface area contributed by atoms with Crippen molar-refractivity contribution >= 4 is 29.4 Å². The maximum Gasteiger partial charge on any atom is 0.338 e. The molecule has 214 valence electrons. The van der Waals surface area contributed by atoms with Gasteiger partial charge in [-0.05, 0) is 68.3 Å². The maximum absolute atomic E-state index is 13.9. The van der Waals surface area contributed by atoms with Gasteiger partial charge in [0.1, 0.15) is 23.9 Å². The summed E-state index contributed by atoms with van der Waals surface area (Å²) in [5.41, 5.74) is 2.74. The third-order valence-electron chi connectivity index (χ3n) is 6.73. The lowest BCUT2D eigenvalue weighted by molar-refractivity contribution is -0.139. The van der Waals surface area contributed by atoms with E-state index >= 15 is 0 Å². The van der Waals surface area contributed by atoms with Crippen molar-refractivity contribution in [3.8, 4) is 17.1 Å². The number of ether oxygens (including phenoxy) is 2. The lowest BCUT2D eigenvalue weighted by atomic mass is 9.96. The average molecular weight is 585 g/mol. The van der Waals surface area contributed by atoms with E-state index in [-0.39, 0.29) is 23.3 Å². The number of allylic oxidation sites excluding steroid dienone is 1. The number of aryl methyl sites for hydroxylation is 1. The fourth-order valence-corrected chi connectivity index (χ4v) is 5.76. The average Bonchev–Trinajstić information content (AvgIpc) is 3.55. The first-order valence-corrected chi connectivity index (χ1v) is 14.0. The number of hydrogen-bond acceptors (Lipinski definition) is 8. The van der Waals surface area contributed by atoms with E-state index in [9.17, 15) is 19.5 Å². The van der Waals surface area contributed by atoms with Gasteiger partial charge in [0, 0.05) is 11.6 Å². The van der Waals surface area contributed by atoms with Crippen molar-refractivity contribution in [2.75, 3.05) is 13.2 Å². The van der Waals surface area contributed by atoms with Gasteiger partial charge in [-0.2, -0.15) is 0 Å². The zero-order valence-electron chi connectivity index (χ0n) is 23.2. The second-order valence-electron chi connectivity index (χ2n) is 9.51. The highest BCUT2D eigenvalue weighted by Crippen LogP contribution is 2.32. The number of aromatic nitrogens is 1. The summed E-state index contributed by atoms with van der Waals surface area (Å²) in [4.78, 5) is 43.5. The molecule has 0 bridgehead atoms. The van der Waals surface area contributed by atoms with E-state index in [1.807, 2.05) is 19.1 Å². The Hall–Kier alpha value is -4.96. The van der Waals surface area contributed by atoms with Crippen LogP contribution >= 0.6 is 11.3 Å². The molecule has 0 radical (unpaired) electrons. The van der Waals surface area contributed by atoms with Crippen LogP contribution in [0.5, 0.6) is 5.75 Å². The summed E-state index contributed by atoms with van der Waals surface area (Å²) in [6.45, 7) is 9.50. The number of furan rings is 1. The first-order valence-electron chi connectivity index (χ1n) is 13.2. The molecule has 42 heavy (non-hydrogen) atoms. The summed E-state index contributed by atoms with van der Waals surface area (Å²) in [5, 5.41) is 9.39. The number of carboxylic acids is 1. The Bertz CT molecular complexity index is 1910. The molecular formula is C32H28N2O7S. The third-order valence-corrected chi connectivity index (χ3v) is 7.71. The van der Waals surface area contributed by atoms with Crippen LogP contribution < -0.4 is 19.6 Å². The SMILES string of the molecule is C=CCOc1ccc([C@H]2C(C(=O)OCC)=C(C)N=c3sc(=Cc4ccc(-c5cc(C(=O)O)ccc5C)o4)c(=O)n32)cc1. The number of carbonyl (C=O) groups excluding carboxylic acids is 1. The van der Waals surface area contributed by atoms with Gasteiger partial charge in [-0.25, -0.2) is 14.6 Å². The molecule has 1 atom stereocenters. The van der Waals surface area contributed by atoms with Crippen molar-refractivity contribution in [2.45, 2.75) is 26.8 Å². The highest BCUT2D eigenvalue weighted by atomic mass is 32.1. The van der Waals surface area contributed by atoms with Crippen molar-refractivity contribution in [3.63, 3.8) is 0 Å². The minimum Gasteiger partial charge on any atom is -0.490 e. The zero-order valence-corrected chi connectivity index (χ0v) is 24.1. The molecule has 2 aromatic heterocycles. The second-order valence-corrected chi connectivity index (χ2v) is 10.5. The van der Waals surface area contributed by atoms with Crippen molar-refractivity contribution in [1.82, 2.24) is 4.57 Å².